The molecule has 0 aromatic heterocycles. The number of nitrogens with one attached hydrogen (secondary N) is 2. The predicted octanol–water partition coefficient (Wildman–Crippen LogP) is 1.22. The summed E-state index contributed by atoms with van der Waals surface area (Å²) in [5, 5.41) is 9.16. The van der Waals surface area contributed by atoms with Gasteiger partial charge in [0.15, 0.2) is 5.54 Å². The maximum Gasteiger partial charge on any atom is 0.407 e. The van der Waals surface area contributed by atoms with E-state index >= 15 is 0 Å². The van der Waals surface area contributed by atoms with Crippen LogP contribution in [0.2, 0.25) is 0 Å². The van der Waals surface area contributed by atoms with Crippen LogP contribution in [0.15, 0.2) is 11.3 Å². The summed E-state index contributed by atoms with van der Waals surface area (Å²) >= 11 is 0. The van der Waals surface area contributed by atoms with E-state index in [1.165, 1.54) is 4.90 Å². The number of hydrogen-bond acceptors (Lipinski definition) is 5. The molecule has 7 nitrogen and oxygen atoms in total. The van der Waals surface area contributed by atoms with Crippen molar-refractivity contribution in [3.63, 3.8) is 0 Å². The zero-order valence-electron chi connectivity index (χ0n) is 12.6. The monoisotopic (exact) mass is 297 g/mol. The first kappa shape index (κ1) is 15.6. The number of unbranched alkanes of at least 4 members (excludes halogenated alkanes) is 1. The number of carbonyl (C=O) groups is 2. The number of esters is 1. The number of hydrogen-bond donors (Lipinski definition) is 3. The number of carboxylic acid groups (broad SMARTS) is 1. The minimum atomic E-state index is -0.960. The highest BCUT2D eigenvalue weighted by Crippen LogP contribution is 2.33. The molecule has 2 aliphatic rings. The molecule has 0 spiro atoms. The fraction of sp³-hybridized carbons (Fsp3) is 0.714. The third-order valence-electron chi connectivity index (χ3n) is 4.17. The summed E-state index contributed by atoms with van der Waals surface area (Å²) in [5.74, 6) is -0.330. The van der Waals surface area contributed by atoms with Crippen LogP contribution in [0, 0.1) is 0 Å². The Bertz CT molecular complexity index is 463. The molecular weight excluding hydrogens is 274 g/mol. The summed E-state index contributed by atoms with van der Waals surface area (Å²) in [6, 6.07) is 0. The van der Waals surface area contributed by atoms with E-state index in [1.54, 1.807) is 0 Å². The maximum atomic E-state index is 12.5. The smallest absolute Gasteiger partial charge is 0.407 e. The third kappa shape index (κ3) is 2.83. The molecule has 0 aromatic rings. The summed E-state index contributed by atoms with van der Waals surface area (Å²) in [6.45, 7) is 5.00. The Kier molecular flexibility index (Phi) is 4.72. The zero-order chi connectivity index (χ0) is 15.5. The normalized spacial score (nSPS) is 24.6. The average Bonchev–Trinajstić information content (AvgIpc) is 2.86. The van der Waals surface area contributed by atoms with Crippen molar-refractivity contribution >= 4 is 12.1 Å². The lowest BCUT2D eigenvalue weighted by Crippen LogP contribution is -2.55. The topological polar surface area (TPSA) is 90.9 Å². The summed E-state index contributed by atoms with van der Waals surface area (Å²) in [4.78, 5) is 25.0. The first-order valence-corrected chi connectivity index (χ1v) is 7.46. The van der Waals surface area contributed by atoms with Crippen LogP contribution >= 0.6 is 0 Å². The third-order valence-corrected chi connectivity index (χ3v) is 4.17. The van der Waals surface area contributed by atoms with Gasteiger partial charge in [-0.3, -0.25) is 0 Å². The summed E-state index contributed by atoms with van der Waals surface area (Å²) < 4.78 is 5.36. The predicted molar refractivity (Wildman–Crippen MR) is 76.4 cm³/mol. The molecule has 0 saturated carbocycles. The Hall–Kier alpha value is -1.76. The molecule has 0 aliphatic carbocycles. The molecule has 0 bridgehead atoms. The number of carbonyl (C=O) groups excluding carboxylic acids is 1. The second-order valence-corrected chi connectivity index (χ2v) is 5.41. The van der Waals surface area contributed by atoms with E-state index < -0.39 is 11.6 Å². The lowest BCUT2D eigenvalue weighted by atomic mass is 9.85. The van der Waals surface area contributed by atoms with Crippen LogP contribution in [0.5, 0.6) is 0 Å². The van der Waals surface area contributed by atoms with Gasteiger partial charge >= 0.3 is 12.1 Å². The molecule has 0 radical (unpaired) electrons. The number of nitrogens with zero attached hydrogens (tertiary/aromatic N) is 1. The molecule has 1 atom stereocenters. The quantitative estimate of drug-likeness (QED) is 0.522. The van der Waals surface area contributed by atoms with Gasteiger partial charge < -0.3 is 20.2 Å². The Morgan fingerprint density at radius 1 is 1.43 bits per heavy atom. The molecule has 118 valence electrons. The molecule has 0 fully saturated rings. The lowest BCUT2D eigenvalue weighted by molar-refractivity contribution is -0.150. The molecule has 2 aliphatic heterocycles. The van der Waals surface area contributed by atoms with E-state index in [4.69, 9.17) is 9.84 Å². The van der Waals surface area contributed by atoms with Crippen molar-refractivity contribution in [3.8, 4) is 0 Å². The molecular formula is C14H23N3O4. The van der Waals surface area contributed by atoms with Gasteiger partial charge in [-0.1, -0.05) is 20.3 Å². The van der Waals surface area contributed by atoms with Gasteiger partial charge in [-0.25, -0.2) is 15.0 Å². The van der Waals surface area contributed by atoms with Crippen LogP contribution < -0.4 is 10.9 Å². The molecule has 0 saturated heterocycles. The number of ether oxygens (including phenoxy) is 1. The van der Waals surface area contributed by atoms with Crippen LogP contribution in [0.1, 0.15) is 39.5 Å². The van der Waals surface area contributed by atoms with Crippen molar-refractivity contribution in [2.75, 3.05) is 19.7 Å². The molecule has 2 heterocycles. The van der Waals surface area contributed by atoms with Gasteiger partial charge in [-0.2, -0.15) is 0 Å². The number of rotatable bonds is 5. The van der Waals surface area contributed by atoms with Crippen molar-refractivity contribution in [2.24, 2.45) is 0 Å². The van der Waals surface area contributed by atoms with Gasteiger partial charge in [0.2, 0.25) is 0 Å². The summed E-state index contributed by atoms with van der Waals surface area (Å²) in [5.41, 5.74) is 6.83. The molecule has 3 N–H and O–H groups in total. The molecule has 1 unspecified atom stereocenters. The Balaban J connectivity index is 2.17. The van der Waals surface area contributed by atoms with Crippen molar-refractivity contribution in [3.05, 3.63) is 11.3 Å². The first-order chi connectivity index (χ1) is 10.0. The molecule has 21 heavy (non-hydrogen) atoms. The van der Waals surface area contributed by atoms with Crippen LogP contribution in [0.3, 0.4) is 0 Å². The molecule has 0 aromatic carbocycles. The summed E-state index contributed by atoms with van der Waals surface area (Å²) in [6.07, 6.45) is 1.92. The Morgan fingerprint density at radius 2 is 2.19 bits per heavy atom. The summed E-state index contributed by atoms with van der Waals surface area (Å²) in [7, 11) is 0. The van der Waals surface area contributed by atoms with Crippen molar-refractivity contribution < 1.29 is 19.4 Å². The van der Waals surface area contributed by atoms with Crippen LogP contribution in [0.25, 0.3) is 0 Å². The van der Waals surface area contributed by atoms with Crippen molar-refractivity contribution in [2.45, 2.75) is 45.1 Å². The van der Waals surface area contributed by atoms with Crippen molar-refractivity contribution in [1.29, 1.82) is 0 Å². The fourth-order valence-electron chi connectivity index (χ4n) is 2.77. The zero-order valence-corrected chi connectivity index (χ0v) is 12.6. The maximum absolute atomic E-state index is 12.5. The van der Waals surface area contributed by atoms with Crippen LogP contribution in [0.4, 0.5) is 4.79 Å². The fourth-order valence-corrected chi connectivity index (χ4v) is 2.77. The minimum absolute atomic E-state index is 0.237. The van der Waals surface area contributed by atoms with Gasteiger partial charge in [-0.05, 0) is 12.8 Å². The van der Waals surface area contributed by atoms with Gasteiger partial charge in [0.05, 0.1) is 6.61 Å². The van der Waals surface area contributed by atoms with E-state index in [1.807, 2.05) is 13.8 Å². The van der Waals surface area contributed by atoms with E-state index in [2.05, 4.69) is 10.9 Å². The van der Waals surface area contributed by atoms with E-state index in [0.29, 0.717) is 26.0 Å². The van der Waals surface area contributed by atoms with E-state index in [0.717, 1.165) is 24.1 Å². The highest BCUT2D eigenvalue weighted by molar-refractivity contribution is 5.86. The van der Waals surface area contributed by atoms with Crippen molar-refractivity contribution in [1.82, 2.24) is 15.8 Å². The first-order valence-electron chi connectivity index (χ1n) is 7.46. The second-order valence-electron chi connectivity index (χ2n) is 5.41. The lowest BCUT2D eigenvalue weighted by Gasteiger charge is -2.32. The number of hydrazine groups is 1. The van der Waals surface area contributed by atoms with Gasteiger partial charge in [0, 0.05) is 30.8 Å². The largest absolute Gasteiger partial charge is 0.465 e. The van der Waals surface area contributed by atoms with E-state index in [9.17, 15) is 9.59 Å². The average molecular weight is 297 g/mol. The number of amides is 1. The molecule has 7 heteroatoms. The Labute approximate surface area is 124 Å². The Morgan fingerprint density at radius 3 is 2.81 bits per heavy atom. The van der Waals surface area contributed by atoms with Gasteiger partial charge in [0.25, 0.3) is 0 Å². The minimum Gasteiger partial charge on any atom is -0.465 e. The van der Waals surface area contributed by atoms with Crippen LogP contribution in [-0.2, 0) is 9.53 Å². The van der Waals surface area contributed by atoms with Crippen LogP contribution in [-0.4, -0.2) is 47.3 Å². The van der Waals surface area contributed by atoms with Gasteiger partial charge in [0.1, 0.15) is 0 Å². The van der Waals surface area contributed by atoms with E-state index in [-0.39, 0.29) is 12.5 Å². The van der Waals surface area contributed by atoms with Gasteiger partial charge in [-0.15, -0.1) is 0 Å². The highest BCUT2D eigenvalue weighted by Gasteiger charge is 2.49. The molecule has 2 rings (SSSR count). The standard InChI is InChI=1S/C14H23N3O4/c1-3-5-8-21-12(18)14(4-2)10-9-17(13(19)20)7-6-11(10)15-16-14/h15-16H,3-9H2,1-2H3,(H,19,20). The highest BCUT2D eigenvalue weighted by atomic mass is 16.5. The molecule has 1 amide bonds. The second kappa shape index (κ2) is 6.34. The SMILES string of the molecule is CCCCOC(=O)C1(CC)NNC2=C1CN(C(=O)O)CC2.